The van der Waals surface area contributed by atoms with Gasteiger partial charge in [0.15, 0.2) is 0 Å². The summed E-state index contributed by atoms with van der Waals surface area (Å²) in [7, 11) is -0.487. The summed E-state index contributed by atoms with van der Waals surface area (Å²) in [6.07, 6.45) is 8.66. The minimum atomic E-state index is -0.561. The van der Waals surface area contributed by atoms with Gasteiger partial charge in [-0.05, 0) is 140 Å². The summed E-state index contributed by atoms with van der Waals surface area (Å²) < 4.78 is 39.1. The Kier molecular flexibility index (Phi) is 16.5. The van der Waals surface area contributed by atoms with Crippen molar-refractivity contribution in [3.8, 4) is 0 Å². The lowest BCUT2D eigenvalue weighted by molar-refractivity contribution is 0.00578. The molecule has 2 spiro atoms. The highest BCUT2D eigenvalue weighted by atomic mass is 127. The maximum absolute atomic E-state index is 13.3. The third-order valence-corrected chi connectivity index (χ3v) is 21.2. The van der Waals surface area contributed by atoms with Crippen LogP contribution >= 0.6 is 67.9 Å². The SMILES string of the molecule is CC1(C)OB(C2=CCN(C(=O)OCc3ccccc3)C23CCOC3)OC1(C)C.Ic1cc2c(Nc3ccc4scnc4c3)ccnc2s1.O=C(OCc1ccccc1)N1CC=C(c2cc3c(Nc4ccc5scnc5c4)ccnc3s2)C12CCOC2. The summed E-state index contributed by atoms with van der Waals surface area (Å²) >= 11 is 8.98. The second kappa shape index (κ2) is 24.4. The first-order chi connectivity index (χ1) is 41.7. The molecule has 2 unspecified atom stereocenters. The Morgan fingerprint density at radius 1 is 0.616 bits per heavy atom. The molecule has 86 heavy (non-hydrogen) atoms. The monoisotopic (exact) mass is 1330 g/mol. The van der Waals surface area contributed by atoms with Crippen molar-refractivity contribution in [1.82, 2.24) is 29.7 Å². The Hall–Kier alpha value is -6.87. The van der Waals surface area contributed by atoms with Crippen LogP contribution in [0.5, 0.6) is 0 Å². The number of pyridine rings is 2. The van der Waals surface area contributed by atoms with Crippen molar-refractivity contribution in [1.29, 1.82) is 0 Å². The molecular formula is C64H60BIN8O8S4. The van der Waals surface area contributed by atoms with Crippen LogP contribution in [-0.2, 0) is 41.5 Å². The molecule has 3 fully saturated rings. The van der Waals surface area contributed by atoms with E-state index in [0.29, 0.717) is 45.9 Å². The van der Waals surface area contributed by atoms with Crippen molar-refractivity contribution in [3.63, 3.8) is 0 Å². The predicted molar refractivity (Wildman–Crippen MR) is 353 cm³/mol. The summed E-state index contributed by atoms with van der Waals surface area (Å²) in [5.74, 6) is 0. The highest BCUT2D eigenvalue weighted by Gasteiger charge is 2.60. The molecule has 3 saturated heterocycles. The minimum Gasteiger partial charge on any atom is -0.445 e. The molecule has 10 aromatic rings. The first kappa shape index (κ1) is 58.2. The molecule has 0 radical (unpaired) electrons. The lowest BCUT2D eigenvalue weighted by Crippen LogP contribution is -2.53. The molecule has 0 bridgehead atoms. The van der Waals surface area contributed by atoms with Gasteiger partial charge in [0.1, 0.15) is 22.9 Å². The smallest absolute Gasteiger partial charge is 0.445 e. The van der Waals surface area contributed by atoms with Gasteiger partial charge in [0, 0.05) is 72.1 Å². The quantitative estimate of drug-likeness (QED) is 0.0978. The van der Waals surface area contributed by atoms with Crippen molar-refractivity contribution in [2.45, 2.75) is 76.0 Å². The zero-order valence-electron chi connectivity index (χ0n) is 47.6. The van der Waals surface area contributed by atoms with Gasteiger partial charge in [-0.15, -0.1) is 45.3 Å². The molecule has 0 saturated carbocycles. The maximum atomic E-state index is 13.3. The summed E-state index contributed by atoms with van der Waals surface area (Å²) in [6, 6.07) is 40.3. The van der Waals surface area contributed by atoms with Gasteiger partial charge >= 0.3 is 19.3 Å². The summed E-state index contributed by atoms with van der Waals surface area (Å²) in [5.41, 5.74) is 11.9. The van der Waals surface area contributed by atoms with Crippen LogP contribution in [-0.4, -0.2) is 111 Å². The first-order valence-electron chi connectivity index (χ1n) is 28.3. The van der Waals surface area contributed by atoms with Gasteiger partial charge in [-0.2, -0.15) is 0 Å². The van der Waals surface area contributed by atoms with Crippen molar-refractivity contribution >= 4 is 156 Å². The topological polar surface area (TPSA) is 172 Å². The van der Waals surface area contributed by atoms with E-state index in [0.717, 1.165) is 87.0 Å². The number of amides is 2. The minimum absolute atomic E-state index is 0.247. The highest BCUT2D eigenvalue weighted by molar-refractivity contribution is 14.1. The van der Waals surface area contributed by atoms with Crippen molar-refractivity contribution in [2.75, 3.05) is 50.2 Å². The van der Waals surface area contributed by atoms with E-state index >= 15 is 0 Å². The van der Waals surface area contributed by atoms with Crippen molar-refractivity contribution in [3.05, 3.63) is 181 Å². The maximum Gasteiger partial charge on any atom is 0.492 e. The third kappa shape index (κ3) is 11.6. The van der Waals surface area contributed by atoms with Gasteiger partial charge in [-0.25, -0.2) is 29.5 Å². The van der Waals surface area contributed by atoms with Crippen molar-refractivity contribution < 1.29 is 37.8 Å². The summed E-state index contributed by atoms with van der Waals surface area (Å²) in [6.45, 7) is 11.7. The number of anilines is 4. The molecule has 11 heterocycles. The number of ether oxygens (including phenoxy) is 4. The second-order valence-corrected chi connectivity index (χ2v) is 28.2. The Morgan fingerprint density at radius 2 is 1.13 bits per heavy atom. The number of halogens is 1. The fraction of sp³-hybridized carbons (Fsp3) is 0.281. The molecule has 2 amide bonds. The molecule has 0 aliphatic carbocycles. The number of benzene rings is 4. The standard InChI is InChI=1S/C29H24N4O3S2.C21H28BNO5.C14H8IN3S2/c34-28(36-16-19-4-2-1-3-5-19)33-12-9-22(29(33)10-13-35-17-29)26-15-21-23(8-11-30-27(21)38-26)32-20-6-7-25-24(14-20)31-18-37-25;1-19(2)20(3,4)28-22(27-19)17-10-12-23(21(17)11-13-25-15-21)18(24)26-14-16-8-6-5-7-9-16;15-13-6-9-10(3-4-16-14(9)20-13)18-8-1-2-12-11(5-8)17-7-19-12/h1-9,11,14-15,18H,10,12-13,16-17H2,(H,30,32);5-10H,11-15H2,1-4H3;1-7H,(H,16,18). The summed E-state index contributed by atoms with van der Waals surface area (Å²) in [5, 5.41) is 9.24. The van der Waals surface area contributed by atoms with Crippen LogP contribution in [0.3, 0.4) is 0 Å². The van der Waals surface area contributed by atoms with Gasteiger partial charge in [-0.1, -0.05) is 72.8 Å². The first-order valence-corrected chi connectivity index (χ1v) is 32.7. The fourth-order valence-electron chi connectivity index (χ4n) is 11.5. The molecule has 22 heteroatoms. The van der Waals surface area contributed by atoms with Crippen LogP contribution in [0.1, 0.15) is 56.5 Å². The summed E-state index contributed by atoms with van der Waals surface area (Å²) in [4.78, 5) is 50.7. The number of fused-ring (bicyclic) bond motifs is 4. The normalized spacial score (nSPS) is 20.1. The molecular weight excluding hydrogens is 1270 g/mol. The number of hydrogen-bond acceptors (Lipinski definition) is 18. The average molecular weight is 1340 g/mol. The molecule has 2 N–H and O–H groups in total. The van der Waals surface area contributed by atoms with Crippen molar-refractivity contribution in [2.24, 2.45) is 0 Å². The predicted octanol–water partition coefficient (Wildman–Crippen LogP) is 15.5. The fourth-order valence-corrected chi connectivity index (χ4v) is 15.6. The van der Waals surface area contributed by atoms with E-state index in [1.165, 1.54) is 13.0 Å². The zero-order chi connectivity index (χ0) is 59.0. The molecule has 5 aliphatic rings. The van der Waals surface area contributed by atoms with E-state index in [1.54, 1.807) is 50.2 Å². The molecule has 16 nitrogen and oxygen atoms in total. The molecule has 438 valence electrons. The Balaban J connectivity index is 0.000000126. The lowest BCUT2D eigenvalue weighted by atomic mass is 9.67. The van der Waals surface area contributed by atoms with Crippen LogP contribution in [0.2, 0.25) is 0 Å². The lowest BCUT2D eigenvalue weighted by Gasteiger charge is -2.36. The largest absolute Gasteiger partial charge is 0.492 e. The Bertz CT molecular complexity index is 4160. The molecule has 5 aliphatic heterocycles. The number of carbonyl (C=O) groups excluding carboxylic acids is 2. The van der Waals surface area contributed by atoms with E-state index < -0.39 is 29.4 Å². The Labute approximate surface area is 527 Å². The second-order valence-electron chi connectivity index (χ2n) is 22.5. The van der Waals surface area contributed by atoms with E-state index in [-0.39, 0.29) is 25.4 Å². The molecule has 2 atom stereocenters. The van der Waals surface area contributed by atoms with Gasteiger partial charge in [0.05, 0.1) is 81.2 Å². The zero-order valence-corrected chi connectivity index (χ0v) is 53.0. The van der Waals surface area contributed by atoms with Crippen LogP contribution in [0.15, 0.2) is 162 Å². The Morgan fingerprint density at radius 3 is 1.67 bits per heavy atom. The van der Waals surface area contributed by atoms with Crippen LogP contribution < -0.4 is 10.6 Å². The van der Waals surface area contributed by atoms with Gasteiger partial charge in [0.25, 0.3) is 0 Å². The van der Waals surface area contributed by atoms with Crippen LogP contribution in [0.25, 0.3) is 46.4 Å². The number of aromatic nitrogens is 4. The number of nitrogens with one attached hydrogen (secondary N) is 2. The van der Waals surface area contributed by atoms with E-state index in [9.17, 15) is 9.59 Å². The molecule has 6 aromatic heterocycles. The number of rotatable bonds is 10. The number of carbonyl (C=O) groups is 2. The van der Waals surface area contributed by atoms with E-state index in [2.05, 4.69) is 108 Å². The number of hydrogen-bond donors (Lipinski definition) is 2. The number of thiophene rings is 2. The average Bonchev–Trinajstić information content (AvgIpc) is 1.81. The van der Waals surface area contributed by atoms with E-state index in [1.807, 2.05) is 135 Å². The van der Waals surface area contributed by atoms with Gasteiger partial charge in [-0.3, -0.25) is 9.80 Å². The van der Waals surface area contributed by atoms with Gasteiger partial charge in [0.2, 0.25) is 0 Å². The highest BCUT2D eigenvalue weighted by Crippen LogP contribution is 2.49. The van der Waals surface area contributed by atoms with E-state index in [4.69, 9.17) is 28.3 Å². The number of thiazole rings is 2. The molecule has 15 rings (SSSR count). The molecule has 4 aromatic carbocycles. The van der Waals surface area contributed by atoms with Gasteiger partial charge < -0.3 is 38.9 Å². The van der Waals surface area contributed by atoms with Crippen LogP contribution in [0, 0.1) is 2.88 Å². The van der Waals surface area contributed by atoms with Crippen LogP contribution in [0.4, 0.5) is 32.3 Å². The number of nitrogens with zero attached hydrogens (tertiary/aromatic N) is 6. The third-order valence-electron chi connectivity index (χ3n) is 16.7.